The van der Waals surface area contributed by atoms with Gasteiger partial charge >= 0.3 is 0 Å². The Hall–Kier alpha value is -3.53. The number of nitrogens with zero attached hydrogens (tertiary/aromatic N) is 4. The third-order valence-electron chi connectivity index (χ3n) is 4.28. The molecule has 9 nitrogen and oxygen atoms in total. The first-order valence-corrected chi connectivity index (χ1v) is 10.4. The second-order valence-electron chi connectivity index (χ2n) is 6.30. The van der Waals surface area contributed by atoms with Gasteiger partial charge in [0, 0.05) is 12.1 Å². The van der Waals surface area contributed by atoms with Gasteiger partial charge in [0.15, 0.2) is 22.5 Å². The van der Waals surface area contributed by atoms with Crippen molar-refractivity contribution in [2.45, 2.75) is 18.6 Å². The minimum atomic E-state index is -0.278. The lowest BCUT2D eigenvalue weighted by Gasteiger charge is -2.10. The normalized spacial score (nSPS) is 10.9. The Morgan fingerprint density at radius 3 is 2.71 bits per heavy atom. The summed E-state index contributed by atoms with van der Waals surface area (Å²) in [5.41, 5.74) is 3.98. The number of nitrogens with one attached hydrogen (secondary N) is 1. The fourth-order valence-corrected chi connectivity index (χ4v) is 3.61. The topological polar surface area (TPSA) is 111 Å². The molecule has 1 aromatic heterocycles. The Morgan fingerprint density at radius 1 is 1.19 bits per heavy atom. The summed E-state index contributed by atoms with van der Waals surface area (Å²) in [5.74, 6) is 1.89. The molecule has 0 aliphatic heterocycles. The molecule has 31 heavy (non-hydrogen) atoms. The summed E-state index contributed by atoms with van der Waals surface area (Å²) < 4.78 is 12.6. The number of methoxy groups -OCH3 is 2. The fourth-order valence-electron chi connectivity index (χ4n) is 2.82. The molecule has 2 N–H and O–H groups in total. The number of thioether (sulfide) groups is 1. The van der Waals surface area contributed by atoms with E-state index in [2.05, 4.69) is 20.7 Å². The number of phenolic OH excluding ortho intramolecular Hbond substituents is 1. The van der Waals surface area contributed by atoms with Crippen LogP contribution in [0.2, 0.25) is 0 Å². The molecule has 3 aromatic rings. The smallest absolute Gasteiger partial charge is 0.250 e. The number of phenols is 1. The lowest BCUT2D eigenvalue weighted by molar-refractivity contribution is -0.118. The number of amides is 1. The molecule has 0 aliphatic carbocycles. The van der Waals surface area contributed by atoms with E-state index in [1.807, 2.05) is 29.7 Å². The van der Waals surface area contributed by atoms with E-state index in [1.165, 1.54) is 18.0 Å². The fraction of sp³-hybridized carbons (Fsp3) is 0.238. The maximum Gasteiger partial charge on any atom is 0.250 e. The third kappa shape index (κ3) is 5.54. The summed E-state index contributed by atoms with van der Waals surface area (Å²) in [6.07, 6.45) is 1.46. The Balaban J connectivity index is 1.65. The molecule has 0 unspecified atom stereocenters. The van der Waals surface area contributed by atoms with Crippen LogP contribution >= 0.6 is 11.8 Å². The SMILES string of the molecule is CCn1c(SCC(=O)N/N=C\c2cccc(O)c2)nnc1-c1ccc(OC)c(OC)c1. The number of hydrogen-bond acceptors (Lipinski definition) is 8. The van der Waals surface area contributed by atoms with Crippen molar-refractivity contribution >= 4 is 23.9 Å². The quantitative estimate of drug-likeness (QED) is 0.298. The van der Waals surface area contributed by atoms with Crippen molar-refractivity contribution in [2.24, 2.45) is 5.10 Å². The molecular formula is C21H23N5O4S. The van der Waals surface area contributed by atoms with Crippen molar-refractivity contribution in [1.29, 1.82) is 0 Å². The zero-order valence-corrected chi connectivity index (χ0v) is 18.2. The van der Waals surface area contributed by atoms with Crippen LogP contribution in [0.1, 0.15) is 12.5 Å². The van der Waals surface area contributed by atoms with Gasteiger partial charge in [-0.15, -0.1) is 10.2 Å². The second kappa shape index (κ2) is 10.5. The third-order valence-corrected chi connectivity index (χ3v) is 5.25. The van der Waals surface area contributed by atoms with Gasteiger partial charge in [-0.2, -0.15) is 5.10 Å². The predicted octanol–water partition coefficient (Wildman–Crippen LogP) is 2.93. The molecule has 162 valence electrons. The number of carbonyl (C=O) groups excluding carboxylic acids is 1. The van der Waals surface area contributed by atoms with Crippen LogP contribution in [0.25, 0.3) is 11.4 Å². The molecule has 0 saturated carbocycles. The van der Waals surface area contributed by atoms with Gasteiger partial charge in [-0.05, 0) is 42.8 Å². The first kappa shape index (κ1) is 22.2. The number of hydrogen-bond donors (Lipinski definition) is 2. The maximum atomic E-state index is 12.1. The summed E-state index contributed by atoms with van der Waals surface area (Å²) in [7, 11) is 3.16. The van der Waals surface area contributed by atoms with Crippen LogP contribution in [-0.4, -0.2) is 52.0 Å². The Morgan fingerprint density at radius 2 is 2.00 bits per heavy atom. The van der Waals surface area contributed by atoms with Gasteiger partial charge < -0.3 is 19.1 Å². The number of ether oxygens (including phenoxy) is 2. The number of carbonyl (C=O) groups is 1. The minimum Gasteiger partial charge on any atom is -0.508 e. The summed E-state index contributed by atoms with van der Waals surface area (Å²) >= 11 is 1.27. The highest BCUT2D eigenvalue weighted by Gasteiger charge is 2.16. The van der Waals surface area contributed by atoms with Crippen molar-refractivity contribution in [3.05, 3.63) is 48.0 Å². The van der Waals surface area contributed by atoms with Crippen LogP contribution in [0.5, 0.6) is 17.2 Å². The van der Waals surface area contributed by atoms with Gasteiger partial charge in [0.1, 0.15) is 5.75 Å². The Labute approximate surface area is 184 Å². The molecule has 0 saturated heterocycles. The van der Waals surface area contributed by atoms with E-state index in [0.717, 1.165) is 5.56 Å². The number of benzene rings is 2. The van der Waals surface area contributed by atoms with E-state index < -0.39 is 0 Å². The average molecular weight is 442 g/mol. The van der Waals surface area contributed by atoms with Crippen molar-refractivity contribution in [3.8, 4) is 28.6 Å². The molecule has 0 bridgehead atoms. The standard InChI is InChI=1S/C21H23N5O4S/c1-4-26-20(15-8-9-17(29-2)18(11-15)30-3)24-25-21(26)31-13-19(28)23-22-12-14-6-5-7-16(27)10-14/h5-12,27H,4,13H2,1-3H3,(H,23,28)/b22-12-. The van der Waals surface area contributed by atoms with E-state index in [1.54, 1.807) is 38.5 Å². The van der Waals surface area contributed by atoms with Crippen LogP contribution < -0.4 is 14.9 Å². The molecule has 2 aromatic carbocycles. The summed E-state index contributed by atoms with van der Waals surface area (Å²) in [6.45, 7) is 2.62. The van der Waals surface area contributed by atoms with Crippen LogP contribution in [-0.2, 0) is 11.3 Å². The van der Waals surface area contributed by atoms with Gasteiger partial charge in [-0.3, -0.25) is 4.79 Å². The van der Waals surface area contributed by atoms with Gasteiger partial charge in [0.05, 0.1) is 26.2 Å². The largest absolute Gasteiger partial charge is 0.508 e. The number of aromatic hydroxyl groups is 1. The van der Waals surface area contributed by atoms with E-state index in [4.69, 9.17) is 9.47 Å². The van der Waals surface area contributed by atoms with E-state index in [0.29, 0.717) is 34.6 Å². The molecule has 0 spiro atoms. The predicted molar refractivity (Wildman–Crippen MR) is 119 cm³/mol. The van der Waals surface area contributed by atoms with Gasteiger partial charge in [-0.25, -0.2) is 5.43 Å². The highest BCUT2D eigenvalue weighted by molar-refractivity contribution is 7.99. The highest BCUT2D eigenvalue weighted by atomic mass is 32.2. The second-order valence-corrected chi connectivity index (χ2v) is 7.24. The average Bonchev–Trinajstić information content (AvgIpc) is 3.20. The number of rotatable bonds is 9. The first-order valence-electron chi connectivity index (χ1n) is 9.45. The molecule has 0 radical (unpaired) electrons. The van der Waals surface area contributed by atoms with Crippen molar-refractivity contribution in [2.75, 3.05) is 20.0 Å². The lowest BCUT2D eigenvalue weighted by atomic mass is 10.2. The van der Waals surface area contributed by atoms with E-state index in [-0.39, 0.29) is 17.4 Å². The van der Waals surface area contributed by atoms with E-state index in [9.17, 15) is 9.90 Å². The summed E-state index contributed by atoms with van der Waals surface area (Å²) in [4.78, 5) is 12.1. The number of aromatic nitrogens is 3. The molecule has 0 fully saturated rings. The Kier molecular flexibility index (Phi) is 7.50. The molecule has 3 rings (SSSR count). The summed E-state index contributed by atoms with van der Waals surface area (Å²) in [5, 5.41) is 22.5. The molecule has 10 heteroatoms. The Bertz CT molecular complexity index is 1080. The monoisotopic (exact) mass is 441 g/mol. The lowest BCUT2D eigenvalue weighted by Crippen LogP contribution is -2.20. The highest BCUT2D eigenvalue weighted by Crippen LogP contribution is 2.32. The molecule has 1 heterocycles. The van der Waals surface area contributed by atoms with Gasteiger partial charge in [0.2, 0.25) is 0 Å². The zero-order chi connectivity index (χ0) is 22.2. The van der Waals surface area contributed by atoms with Gasteiger partial charge in [-0.1, -0.05) is 23.9 Å². The van der Waals surface area contributed by atoms with Crippen LogP contribution in [0.3, 0.4) is 0 Å². The van der Waals surface area contributed by atoms with Gasteiger partial charge in [0.25, 0.3) is 5.91 Å². The zero-order valence-electron chi connectivity index (χ0n) is 17.4. The van der Waals surface area contributed by atoms with Crippen molar-refractivity contribution in [3.63, 3.8) is 0 Å². The van der Waals surface area contributed by atoms with Crippen molar-refractivity contribution < 1.29 is 19.4 Å². The van der Waals surface area contributed by atoms with Crippen LogP contribution in [0, 0.1) is 0 Å². The molecule has 1 amide bonds. The molecule has 0 atom stereocenters. The van der Waals surface area contributed by atoms with Crippen LogP contribution in [0.4, 0.5) is 0 Å². The maximum absolute atomic E-state index is 12.1. The van der Waals surface area contributed by atoms with Crippen molar-refractivity contribution in [1.82, 2.24) is 20.2 Å². The summed E-state index contributed by atoms with van der Waals surface area (Å²) in [6, 6.07) is 12.1. The van der Waals surface area contributed by atoms with E-state index >= 15 is 0 Å². The number of hydrazone groups is 1. The molecular weight excluding hydrogens is 418 g/mol. The minimum absolute atomic E-state index is 0.126. The first-order chi connectivity index (χ1) is 15.0. The van der Waals surface area contributed by atoms with Crippen LogP contribution in [0.15, 0.2) is 52.7 Å². The molecule has 0 aliphatic rings.